The van der Waals surface area contributed by atoms with Crippen molar-refractivity contribution < 1.29 is 5.11 Å². The fourth-order valence-electron chi connectivity index (χ4n) is 0.833. The van der Waals surface area contributed by atoms with Crippen molar-refractivity contribution in [1.29, 1.82) is 0 Å². The van der Waals surface area contributed by atoms with Crippen LogP contribution in [0.5, 0.6) is 5.75 Å². The number of nitrogens with two attached hydrogens (primary N) is 1. The molecule has 0 spiro atoms. The van der Waals surface area contributed by atoms with Crippen molar-refractivity contribution in [2.24, 2.45) is 0 Å². The normalized spacial score (nSPS) is 10.5. The Bertz CT molecular complexity index is 362. The van der Waals surface area contributed by atoms with Gasteiger partial charge >= 0.3 is 0 Å². The third-order valence-corrected chi connectivity index (χ3v) is 2.08. The average Bonchev–Trinajstić information content (AvgIpc) is 2.36. The zero-order valence-electron chi connectivity index (χ0n) is 5.48. The highest BCUT2D eigenvalue weighted by Gasteiger charge is 2.02. The van der Waals surface area contributed by atoms with Gasteiger partial charge in [0.2, 0.25) is 0 Å². The third kappa shape index (κ3) is 0.894. The molecule has 2 rings (SSSR count). The largest absolute Gasteiger partial charge is 0.506 e. The van der Waals surface area contributed by atoms with Gasteiger partial charge in [-0.3, -0.25) is 0 Å². The molecule has 0 saturated carbocycles. The molecule has 0 atom stereocenters. The first kappa shape index (κ1) is 6.36. The first-order valence-electron chi connectivity index (χ1n) is 2.98. The number of nitrogen functional groups attached to an aromatic ring is 1. The van der Waals surface area contributed by atoms with Crippen molar-refractivity contribution in [2.45, 2.75) is 0 Å². The number of aromatic nitrogens is 2. The molecule has 0 saturated heterocycles. The molecule has 56 valence electrons. The molecule has 0 aliphatic heterocycles. The minimum atomic E-state index is 0.0604. The molecule has 1 aromatic heterocycles. The predicted octanol–water partition coefficient (Wildman–Crippen LogP) is 0.979. The van der Waals surface area contributed by atoms with E-state index in [1.165, 1.54) is 17.6 Å². The van der Waals surface area contributed by atoms with Crippen LogP contribution >= 0.6 is 11.5 Å². The summed E-state index contributed by atoms with van der Waals surface area (Å²) in [6.07, 6.45) is 0. The van der Waals surface area contributed by atoms with Crippen LogP contribution in [0.25, 0.3) is 10.2 Å². The van der Waals surface area contributed by atoms with Gasteiger partial charge in [-0.1, -0.05) is 4.49 Å². The topological polar surface area (TPSA) is 72.0 Å². The van der Waals surface area contributed by atoms with Crippen LogP contribution in [-0.4, -0.2) is 14.7 Å². The molecular weight excluding hydrogens is 162 g/mol. The van der Waals surface area contributed by atoms with Gasteiger partial charge in [-0.05, 0) is 17.6 Å². The lowest BCUT2D eigenvalue weighted by Gasteiger charge is -1.94. The van der Waals surface area contributed by atoms with E-state index in [0.717, 1.165) is 4.70 Å². The predicted molar refractivity (Wildman–Crippen MR) is 43.5 cm³/mol. The molecule has 0 radical (unpaired) electrons. The summed E-state index contributed by atoms with van der Waals surface area (Å²) in [5, 5.41) is 12.9. The van der Waals surface area contributed by atoms with Crippen molar-refractivity contribution in [3.63, 3.8) is 0 Å². The van der Waals surface area contributed by atoms with Crippen LogP contribution in [0.1, 0.15) is 0 Å². The maximum Gasteiger partial charge on any atom is 0.140 e. The Balaban J connectivity index is 2.86. The van der Waals surface area contributed by atoms with Gasteiger partial charge in [0.05, 0.1) is 10.4 Å². The molecule has 0 aliphatic rings. The molecular formula is C6H5N3OS. The zero-order valence-corrected chi connectivity index (χ0v) is 6.30. The summed E-state index contributed by atoms with van der Waals surface area (Å²) in [7, 11) is 0. The number of hydrogen-bond acceptors (Lipinski definition) is 5. The van der Waals surface area contributed by atoms with Crippen LogP contribution in [0.15, 0.2) is 12.1 Å². The minimum Gasteiger partial charge on any atom is -0.506 e. The monoisotopic (exact) mass is 167 g/mol. The van der Waals surface area contributed by atoms with E-state index in [9.17, 15) is 0 Å². The van der Waals surface area contributed by atoms with Crippen LogP contribution in [-0.2, 0) is 0 Å². The maximum absolute atomic E-state index is 9.15. The van der Waals surface area contributed by atoms with Crippen molar-refractivity contribution in [1.82, 2.24) is 9.59 Å². The number of benzene rings is 1. The first-order valence-corrected chi connectivity index (χ1v) is 3.75. The molecule has 0 aliphatic carbocycles. The Hall–Kier alpha value is -1.36. The van der Waals surface area contributed by atoms with E-state index >= 15 is 0 Å². The molecule has 1 heterocycles. The highest BCUT2D eigenvalue weighted by atomic mass is 32.1. The molecule has 3 N–H and O–H groups in total. The number of hydrogen-bond donors (Lipinski definition) is 2. The van der Waals surface area contributed by atoms with Crippen molar-refractivity contribution in [3.8, 4) is 5.75 Å². The second-order valence-corrected chi connectivity index (χ2v) is 2.94. The lowest BCUT2D eigenvalue weighted by Crippen LogP contribution is -1.83. The molecule has 2 aromatic rings. The zero-order chi connectivity index (χ0) is 7.84. The lowest BCUT2D eigenvalue weighted by atomic mass is 10.3. The lowest BCUT2D eigenvalue weighted by molar-refractivity contribution is 0.478. The van der Waals surface area contributed by atoms with E-state index in [1.807, 2.05) is 0 Å². The van der Waals surface area contributed by atoms with E-state index in [0.29, 0.717) is 11.2 Å². The number of aromatic hydroxyl groups is 1. The van der Waals surface area contributed by atoms with Crippen LogP contribution in [0.3, 0.4) is 0 Å². The van der Waals surface area contributed by atoms with Gasteiger partial charge < -0.3 is 10.8 Å². The highest BCUT2D eigenvalue weighted by molar-refractivity contribution is 7.12. The van der Waals surface area contributed by atoms with Crippen LogP contribution in [0, 0.1) is 0 Å². The molecule has 1 aromatic carbocycles. The van der Waals surface area contributed by atoms with Crippen molar-refractivity contribution >= 4 is 27.4 Å². The van der Waals surface area contributed by atoms with E-state index in [-0.39, 0.29) is 5.75 Å². The van der Waals surface area contributed by atoms with Crippen molar-refractivity contribution in [3.05, 3.63) is 12.1 Å². The van der Waals surface area contributed by atoms with Crippen molar-refractivity contribution in [2.75, 3.05) is 5.73 Å². The molecule has 0 bridgehead atoms. The van der Waals surface area contributed by atoms with Crippen LogP contribution < -0.4 is 5.73 Å². The van der Waals surface area contributed by atoms with E-state index < -0.39 is 0 Å². The molecule has 0 fully saturated rings. The smallest absolute Gasteiger partial charge is 0.140 e. The van der Waals surface area contributed by atoms with Gasteiger partial charge in [0.15, 0.2) is 0 Å². The Morgan fingerprint density at radius 1 is 1.45 bits per heavy atom. The summed E-state index contributed by atoms with van der Waals surface area (Å²) in [4.78, 5) is 0. The number of fused-ring (bicyclic) bond motifs is 1. The Labute approximate surface area is 66.4 Å². The first-order chi connectivity index (χ1) is 5.27. The fraction of sp³-hybridized carbons (Fsp3) is 0. The van der Waals surface area contributed by atoms with E-state index in [2.05, 4.69) is 9.59 Å². The summed E-state index contributed by atoms with van der Waals surface area (Å²) in [6.45, 7) is 0. The molecule has 0 amide bonds. The summed E-state index contributed by atoms with van der Waals surface area (Å²) in [6, 6.07) is 3.17. The second kappa shape index (κ2) is 2.06. The second-order valence-electron chi connectivity index (χ2n) is 2.15. The number of phenolic OH excluding ortho intramolecular Hbond substituents is 1. The molecule has 11 heavy (non-hydrogen) atoms. The Kier molecular flexibility index (Phi) is 1.19. The SMILES string of the molecule is Nc1cc2snnc2cc1O. The van der Waals surface area contributed by atoms with Gasteiger partial charge in [-0.2, -0.15) is 0 Å². The summed E-state index contributed by atoms with van der Waals surface area (Å²) in [5.74, 6) is 0.0604. The third-order valence-electron chi connectivity index (χ3n) is 1.40. The van der Waals surface area contributed by atoms with E-state index in [4.69, 9.17) is 10.8 Å². The highest BCUT2D eigenvalue weighted by Crippen LogP contribution is 2.26. The standard InChI is InChI=1S/C6H5N3OS/c7-3-1-6-4(2-5(3)10)8-9-11-6/h1-2,10H,7H2. The average molecular weight is 167 g/mol. The summed E-state index contributed by atoms with van der Waals surface area (Å²) >= 11 is 1.26. The number of anilines is 1. The minimum absolute atomic E-state index is 0.0604. The Morgan fingerprint density at radius 3 is 3.09 bits per heavy atom. The van der Waals surface area contributed by atoms with Gasteiger partial charge in [0.25, 0.3) is 0 Å². The number of rotatable bonds is 0. The van der Waals surface area contributed by atoms with Gasteiger partial charge in [-0.15, -0.1) is 5.10 Å². The van der Waals surface area contributed by atoms with Gasteiger partial charge in [0, 0.05) is 6.07 Å². The molecule has 5 heteroatoms. The number of nitrogens with zero attached hydrogens (tertiary/aromatic N) is 2. The molecule has 0 unspecified atom stereocenters. The fourth-order valence-corrected chi connectivity index (χ4v) is 1.42. The summed E-state index contributed by atoms with van der Waals surface area (Å²) < 4.78 is 4.60. The molecule has 4 nitrogen and oxygen atoms in total. The maximum atomic E-state index is 9.15. The number of phenols is 1. The van der Waals surface area contributed by atoms with E-state index in [1.54, 1.807) is 6.07 Å². The Morgan fingerprint density at radius 2 is 2.27 bits per heavy atom. The summed E-state index contributed by atoms with van der Waals surface area (Å²) in [5.41, 5.74) is 6.49. The van der Waals surface area contributed by atoms with Gasteiger partial charge in [0.1, 0.15) is 11.3 Å². The van der Waals surface area contributed by atoms with Gasteiger partial charge in [-0.25, -0.2) is 0 Å². The van der Waals surface area contributed by atoms with Crippen LogP contribution in [0.2, 0.25) is 0 Å². The quantitative estimate of drug-likeness (QED) is 0.453. The van der Waals surface area contributed by atoms with Crippen LogP contribution in [0.4, 0.5) is 5.69 Å².